The quantitative estimate of drug-likeness (QED) is 0.541. The van der Waals surface area contributed by atoms with Gasteiger partial charge in [-0.1, -0.05) is 45.9 Å². The monoisotopic (exact) mass is 336 g/mol. The second kappa shape index (κ2) is 9.77. The van der Waals surface area contributed by atoms with E-state index in [1.165, 1.54) is 6.08 Å². The van der Waals surface area contributed by atoms with Crippen LogP contribution in [0.5, 0.6) is 0 Å². The van der Waals surface area contributed by atoms with Gasteiger partial charge >= 0.3 is 5.97 Å². The predicted octanol–water partition coefficient (Wildman–Crippen LogP) is 3.69. The zero-order valence-corrected chi connectivity index (χ0v) is 15.6. The maximum Gasteiger partial charge on any atom is 0.330 e. The molecule has 0 aromatic carbocycles. The minimum absolute atomic E-state index is 0.0120. The largest absolute Gasteiger partial charge is 0.459 e. The number of esters is 1. The molecule has 24 heavy (non-hydrogen) atoms. The van der Waals surface area contributed by atoms with E-state index in [4.69, 9.17) is 4.74 Å². The van der Waals surface area contributed by atoms with E-state index in [1.54, 1.807) is 6.08 Å². The van der Waals surface area contributed by atoms with E-state index in [-0.39, 0.29) is 41.5 Å². The molecule has 0 bridgehead atoms. The Balaban J connectivity index is 2.90. The Kier molecular flexibility index (Phi) is 8.40. The zero-order chi connectivity index (χ0) is 18.3. The van der Waals surface area contributed by atoms with Gasteiger partial charge in [0.25, 0.3) is 0 Å². The van der Waals surface area contributed by atoms with Crippen molar-refractivity contribution in [1.82, 2.24) is 0 Å². The molecular weight excluding hydrogens is 304 g/mol. The van der Waals surface area contributed by atoms with Gasteiger partial charge in [-0.05, 0) is 25.7 Å². The van der Waals surface area contributed by atoms with Gasteiger partial charge in [-0.25, -0.2) is 4.79 Å². The molecule has 0 saturated carbocycles. The van der Waals surface area contributed by atoms with Crippen LogP contribution in [-0.4, -0.2) is 29.1 Å². The fourth-order valence-electron chi connectivity index (χ4n) is 2.96. The summed E-state index contributed by atoms with van der Waals surface area (Å²) in [5.41, 5.74) is 0. The molecule has 0 aromatic heterocycles. The molecule has 0 aromatic rings. The van der Waals surface area contributed by atoms with Crippen LogP contribution in [0, 0.1) is 23.7 Å². The van der Waals surface area contributed by atoms with Crippen molar-refractivity contribution >= 4 is 11.8 Å². The van der Waals surface area contributed by atoms with E-state index < -0.39 is 6.10 Å². The van der Waals surface area contributed by atoms with Crippen LogP contribution < -0.4 is 0 Å². The highest BCUT2D eigenvalue weighted by Gasteiger charge is 2.24. The molecule has 0 fully saturated rings. The molecule has 0 amide bonds. The highest BCUT2D eigenvalue weighted by Crippen LogP contribution is 2.23. The third-order valence-corrected chi connectivity index (χ3v) is 4.97. The molecule has 1 N–H and O–H groups in total. The second-order valence-corrected chi connectivity index (χ2v) is 7.26. The molecular formula is C20H32O4. The minimum atomic E-state index is -0.589. The highest BCUT2D eigenvalue weighted by atomic mass is 16.5. The number of rotatable bonds is 0. The van der Waals surface area contributed by atoms with E-state index in [0.29, 0.717) is 19.3 Å². The fraction of sp³-hybridized carbons (Fsp3) is 0.700. The van der Waals surface area contributed by atoms with Gasteiger partial charge in [0, 0.05) is 30.3 Å². The van der Waals surface area contributed by atoms with Crippen LogP contribution in [0.4, 0.5) is 0 Å². The number of hydrogen-bond acceptors (Lipinski definition) is 4. The average molecular weight is 336 g/mol. The van der Waals surface area contributed by atoms with Crippen molar-refractivity contribution in [3.63, 3.8) is 0 Å². The Labute approximate surface area is 146 Å². The van der Waals surface area contributed by atoms with Crippen LogP contribution in [-0.2, 0) is 14.3 Å². The SMILES string of the molecule is C[C@@H]1C[C@H](C)[C@H](O)[C@@H](C)/C=C/C(=O)O[C@H](C)[C@@H](C)/C=C/CCC1=O. The van der Waals surface area contributed by atoms with E-state index >= 15 is 0 Å². The Morgan fingerprint density at radius 1 is 1.04 bits per heavy atom. The second-order valence-electron chi connectivity index (χ2n) is 7.26. The first kappa shape index (κ1) is 20.6. The van der Waals surface area contributed by atoms with E-state index in [9.17, 15) is 14.7 Å². The zero-order valence-electron chi connectivity index (χ0n) is 15.6. The van der Waals surface area contributed by atoms with Crippen LogP contribution in [0.2, 0.25) is 0 Å². The summed E-state index contributed by atoms with van der Waals surface area (Å²) < 4.78 is 5.39. The van der Waals surface area contributed by atoms with Crippen molar-refractivity contribution in [2.45, 2.75) is 66.1 Å². The number of aliphatic hydroxyl groups is 1. The summed E-state index contributed by atoms with van der Waals surface area (Å²) in [6, 6.07) is 0. The number of carbonyl (C=O) groups is 2. The highest BCUT2D eigenvalue weighted by molar-refractivity contribution is 5.82. The molecule has 6 atom stereocenters. The maximum absolute atomic E-state index is 12.2. The Morgan fingerprint density at radius 2 is 1.71 bits per heavy atom. The molecule has 0 unspecified atom stereocenters. The first-order chi connectivity index (χ1) is 11.2. The topological polar surface area (TPSA) is 63.6 Å². The lowest BCUT2D eigenvalue weighted by Crippen LogP contribution is -2.28. The lowest BCUT2D eigenvalue weighted by molar-refractivity contribution is -0.143. The smallest absolute Gasteiger partial charge is 0.330 e. The summed E-state index contributed by atoms with van der Waals surface area (Å²) in [6.45, 7) is 9.59. The first-order valence-corrected chi connectivity index (χ1v) is 8.98. The third-order valence-electron chi connectivity index (χ3n) is 4.97. The molecule has 1 aliphatic heterocycles. The van der Waals surface area contributed by atoms with Crippen molar-refractivity contribution < 1.29 is 19.4 Å². The van der Waals surface area contributed by atoms with Crippen LogP contribution in [0.3, 0.4) is 0 Å². The lowest BCUT2D eigenvalue weighted by Gasteiger charge is -2.25. The summed E-state index contributed by atoms with van der Waals surface area (Å²) >= 11 is 0. The molecule has 1 rings (SSSR count). The lowest BCUT2D eigenvalue weighted by atomic mass is 9.84. The fourth-order valence-corrected chi connectivity index (χ4v) is 2.96. The van der Waals surface area contributed by atoms with Gasteiger partial charge in [0.15, 0.2) is 0 Å². The standard InChI is InChI=1S/C20H32O4/c1-13-8-6-7-9-18(21)15(3)12-16(4)20(23)14(2)10-11-19(22)24-17(13)5/h6,8,10-11,13-17,20,23H,7,9,12H2,1-5H3/b8-6+,11-10+/t13-,14-,15+,16-,17+,20+/m0/s1. The number of allylic oxidation sites excluding steroid dienone is 1. The van der Waals surface area contributed by atoms with Crippen molar-refractivity contribution in [1.29, 1.82) is 0 Å². The van der Waals surface area contributed by atoms with Crippen LogP contribution in [0.15, 0.2) is 24.3 Å². The predicted molar refractivity (Wildman–Crippen MR) is 95.4 cm³/mol. The molecule has 1 aliphatic rings. The van der Waals surface area contributed by atoms with Crippen LogP contribution in [0.25, 0.3) is 0 Å². The van der Waals surface area contributed by atoms with Gasteiger partial charge in [-0.3, -0.25) is 4.79 Å². The Bertz CT molecular complexity index is 480. The van der Waals surface area contributed by atoms with Crippen molar-refractivity contribution in [2.75, 3.05) is 0 Å². The Morgan fingerprint density at radius 3 is 2.38 bits per heavy atom. The number of hydrogen-bond donors (Lipinski definition) is 1. The van der Waals surface area contributed by atoms with Crippen molar-refractivity contribution in [2.24, 2.45) is 23.7 Å². The summed E-state index contributed by atoms with van der Waals surface area (Å²) in [6.07, 6.45) is 8.11. The number of ether oxygens (including phenoxy) is 1. The number of carbonyl (C=O) groups excluding carboxylic acids is 2. The van der Waals surface area contributed by atoms with Gasteiger partial charge in [0.1, 0.15) is 11.9 Å². The number of Topliss-reactive ketones (excluding diaryl/α,β-unsaturated/α-hetero) is 1. The number of aliphatic hydroxyl groups excluding tert-OH is 1. The summed E-state index contributed by atoms with van der Waals surface area (Å²) in [5, 5.41) is 10.4. The van der Waals surface area contributed by atoms with E-state index in [2.05, 4.69) is 0 Å². The molecule has 1 heterocycles. The van der Waals surface area contributed by atoms with E-state index in [0.717, 1.165) is 0 Å². The van der Waals surface area contributed by atoms with Gasteiger partial charge in [0.05, 0.1) is 6.10 Å². The molecule has 0 radical (unpaired) electrons. The Hall–Kier alpha value is -1.42. The average Bonchev–Trinajstić information content (AvgIpc) is 2.54. The van der Waals surface area contributed by atoms with Gasteiger partial charge < -0.3 is 9.84 Å². The van der Waals surface area contributed by atoms with Crippen molar-refractivity contribution in [3.8, 4) is 0 Å². The minimum Gasteiger partial charge on any atom is -0.459 e. The summed E-state index contributed by atoms with van der Waals surface area (Å²) in [5.74, 6) is -0.303. The molecule has 0 aliphatic carbocycles. The van der Waals surface area contributed by atoms with Gasteiger partial charge in [-0.15, -0.1) is 0 Å². The summed E-state index contributed by atoms with van der Waals surface area (Å²) in [7, 11) is 0. The number of ketones is 1. The van der Waals surface area contributed by atoms with Gasteiger partial charge in [0.2, 0.25) is 0 Å². The molecule has 0 saturated heterocycles. The molecule has 4 nitrogen and oxygen atoms in total. The molecule has 4 heteroatoms. The van der Waals surface area contributed by atoms with Crippen molar-refractivity contribution in [3.05, 3.63) is 24.3 Å². The maximum atomic E-state index is 12.2. The molecule has 136 valence electrons. The summed E-state index contributed by atoms with van der Waals surface area (Å²) in [4.78, 5) is 24.1. The van der Waals surface area contributed by atoms with Crippen LogP contribution >= 0.6 is 0 Å². The first-order valence-electron chi connectivity index (χ1n) is 8.98. The molecule has 0 spiro atoms. The third kappa shape index (κ3) is 6.60. The number of cyclic esters (lactones) is 1. The van der Waals surface area contributed by atoms with E-state index in [1.807, 2.05) is 46.8 Å². The normalized spacial score (nSPS) is 39.9. The van der Waals surface area contributed by atoms with Gasteiger partial charge in [-0.2, -0.15) is 0 Å². The van der Waals surface area contributed by atoms with Crippen LogP contribution in [0.1, 0.15) is 53.9 Å².